The molecule has 0 fully saturated rings. The van der Waals surface area contributed by atoms with Crippen molar-refractivity contribution < 1.29 is 8.78 Å². The lowest BCUT2D eigenvalue weighted by Crippen LogP contribution is -2.30. The van der Waals surface area contributed by atoms with Crippen LogP contribution in [0.2, 0.25) is 5.02 Å². The summed E-state index contributed by atoms with van der Waals surface area (Å²) in [4.78, 5) is 4.91. The summed E-state index contributed by atoms with van der Waals surface area (Å²) in [5.41, 5.74) is 11.3. The van der Waals surface area contributed by atoms with Crippen molar-refractivity contribution in [2.24, 2.45) is 11.6 Å². The fourth-order valence-corrected chi connectivity index (χ4v) is 5.02. The van der Waals surface area contributed by atoms with Crippen molar-refractivity contribution in [2.45, 2.75) is 38.9 Å². The van der Waals surface area contributed by atoms with E-state index in [1.54, 1.807) is 19.3 Å². The van der Waals surface area contributed by atoms with Crippen molar-refractivity contribution in [3.63, 3.8) is 0 Å². The Morgan fingerprint density at radius 2 is 1.82 bits per heavy atom. The monoisotopic (exact) mass is 539 g/mol. The Labute approximate surface area is 226 Å². The molecule has 5 N–H and O–H groups in total. The summed E-state index contributed by atoms with van der Waals surface area (Å²) < 4.78 is 30.0. The molecule has 0 saturated carbocycles. The number of benzene rings is 2. The highest BCUT2D eigenvalue weighted by Gasteiger charge is 2.24. The first kappa shape index (κ1) is 27.7. The van der Waals surface area contributed by atoms with Crippen molar-refractivity contribution in [3.05, 3.63) is 100 Å². The zero-order chi connectivity index (χ0) is 27.4. The van der Waals surface area contributed by atoms with Gasteiger partial charge in [-0.1, -0.05) is 23.7 Å². The maximum Gasteiger partial charge on any atom is 0.126 e. The van der Waals surface area contributed by atoms with Crippen LogP contribution in [0.1, 0.15) is 41.5 Å². The van der Waals surface area contributed by atoms with E-state index >= 15 is 0 Å². The van der Waals surface area contributed by atoms with Gasteiger partial charge in [0.15, 0.2) is 0 Å². The van der Waals surface area contributed by atoms with Crippen LogP contribution in [0, 0.1) is 18.6 Å². The molecular weight excluding hydrogens is 508 g/mol. The molecule has 4 aromatic rings. The van der Waals surface area contributed by atoms with E-state index in [1.807, 2.05) is 49.0 Å². The van der Waals surface area contributed by atoms with Crippen molar-refractivity contribution in [1.82, 2.24) is 20.1 Å². The number of hydrogen-bond acceptors (Lipinski definition) is 6. The molecule has 2 atom stereocenters. The number of nitrogens with two attached hydrogens (primary N) is 2. The molecule has 10 heteroatoms. The quantitative estimate of drug-likeness (QED) is 0.192. The van der Waals surface area contributed by atoms with Gasteiger partial charge in [0.05, 0.1) is 24.0 Å². The SMILES string of the molecule is Cc1ccc(-c2ccc(Cl)c(C(C)N)c2N(C)N)c([C@H](Cc2cc(F)cc(F)c2)NCCn2cccn2)n1. The second kappa shape index (κ2) is 12.0. The van der Waals surface area contributed by atoms with E-state index in [4.69, 9.17) is 28.2 Å². The number of nitrogens with zero attached hydrogens (tertiary/aromatic N) is 4. The number of halogens is 3. The number of pyridine rings is 1. The van der Waals surface area contributed by atoms with E-state index in [-0.39, 0.29) is 12.1 Å². The number of hydrazine groups is 1. The minimum atomic E-state index is -0.626. The minimum absolute atomic E-state index is 0.304. The summed E-state index contributed by atoms with van der Waals surface area (Å²) in [6.45, 7) is 4.91. The summed E-state index contributed by atoms with van der Waals surface area (Å²) >= 11 is 6.54. The molecule has 0 radical (unpaired) electrons. The lowest BCUT2D eigenvalue weighted by molar-refractivity contribution is 0.474. The van der Waals surface area contributed by atoms with Crippen molar-refractivity contribution in [2.75, 3.05) is 18.6 Å². The third kappa shape index (κ3) is 6.36. The molecule has 7 nitrogen and oxygen atoms in total. The molecule has 0 aliphatic carbocycles. The maximum atomic E-state index is 14.1. The number of rotatable bonds is 10. The van der Waals surface area contributed by atoms with E-state index in [0.717, 1.165) is 34.1 Å². The second-order valence-corrected chi connectivity index (χ2v) is 9.81. The molecule has 2 heterocycles. The van der Waals surface area contributed by atoms with Crippen molar-refractivity contribution in [3.8, 4) is 11.1 Å². The van der Waals surface area contributed by atoms with Crippen LogP contribution in [0.5, 0.6) is 0 Å². The van der Waals surface area contributed by atoms with Crippen molar-refractivity contribution >= 4 is 17.3 Å². The number of nitrogens with one attached hydrogen (secondary N) is 1. The van der Waals surface area contributed by atoms with Crippen LogP contribution >= 0.6 is 11.6 Å². The standard InChI is InChI=1S/C28H32ClF2N7/c1-17-5-6-22(23-7-8-24(29)26(18(2)32)28(23)37(3)33)27(36-17)25(34-10-12-38-11-4-9-35-38)15-19-13-20(30)16-21(31)14-19/h4-9,11,13-14,16,18,25,34H,10,12,15,32-33H2,1-3H3/t18?,25-/m0/s1. The van der Waals surface area contributed by atoms with Crippen LogP contribution in [-0.2, 0) is 13.0 Å². The maximum absolute atomic E-state index is 14.1. The molecule has 200 valence electrons. The lowest BCUT2D eigenvalue weighted by atomic mass is 9.91. The van der Waals surface area contributed by atoms with Crippen LogP contribution in [0.3, 0.4) is 0 Å². The van der Waals surface area contributed by atoms with Gasteiger partial charge in [-0.15, -0.1) is 0 Å². The van der Waals surface area contributed by atoms with Crippen LogP contribution in [0.25, 0.3) is 11.1 Å². The fraction of sp³-hybridized carbons (Fsp3) is 0.286. The number of anilines is 1. The molecule has 0 bridgehead atoms. The zero-order valence-electron chi connectivity index (χ0n) is 21.6. The highest BCUT2D eigenvalue weighted by Crippen LogP contribution is 2.41. The van der Waals surface area contributed by atoms with E-state index in [9.17, 15) is 8.78 Å². The van der Waals surface area contributed by atoms with Gasteiger partial charge < -0.3 is 16.1 Å². The Morgan fingerprint density at radius 3 is 2.45 bits per heavy atom. The molecule has 0 amide bonds. The third-order valence-electron chi connectivity index (χ3n) is 6.31. The fourth-order valence-electron chi connectivity index (χ4n) is 4.70. The summed E-state index contributed by atoms with van der Waals surface area (Å²) in [5.74, 6) is 5.04. The van der Waals surface area contributed by atoms with Gasteiger partial charge in [-0.2, -0.15) is 5.10 Å². The Kier molecular flexibility index (Phi) is 8.73. The van der Waals surface area contributed by atoms with Crippen molar-refractivity contribution in [1.29, 1.82) is 0 Å². The Bertz CT molecular complexity index is 1370. The molecule has 2 aromatic carbocycles. The van der Waals surface area contributed by atoms with Gasteiger partial charge in [-0.05, 0) is 56.2 Å². The largest absolute Gasteiger partial charge is 0.324 e. The van der Waals surface area contributed by atoms with Crippen LogP contribution < -0.4 is 21.9 Å². The van der Waals surface area contributed by atoms with Crippen LogP contribution in [0.4, 0.5) is 14.5 Å². The van der Waals surface area contributed by atoms with Crippen LogP contribution in [-0.4, -0.2) is 28.4 Å². The summed E-state index contributed by atoms with van der Waals surface area (Å²) in [5, 5.41) is 9.81. The van der Waals surface area contributed by atoms with Gasteiger partial charge in [0, 0.05) is 65.5 Å². The smallest absolute Gasteiger partial charge is 0.126 e. The Balaban J connectivity index is 1.83. The summed E-state index contributed by atoms with van der Waals surface area (Å²) in [6, 6.07) is 12.2. The van der Waals surface area contributed by atoms with Crippen LogP contribution in [0.15, 0.2) is 60.9 Å². The molecule has 0 aliphatic heterocycles. The molecule has 0 spiro atoms. The predicted octanol–water partition coefficient (Wildman–Crippen LogP) is 5.09. The van der Waals surface area contributed by atoms with Gasteiger partial charge >= 0.3 is 0 Å². The molecule has 0 saturated heterocycles. The summed E-state index contributed by atoms with van der Waals surface area (Å²) in [6.07, 6.45) is 3.90. The first-order chi connectivity index (χ1) is 18.1. The normalized spacial score (nSPS) is 12.9. The Hall–Kier alpha value is -3.37. The average molecular weight is 540 g/mol. The summed E-state index contributed by atoms with van der Waals surface area (Å²) in [7, 11) is 1.73. The second-order valence-electron chi connectivity index (χ2n) is 9.40. The Morgan fingerprint density at radius 1 is 1.11 bits per heavy atom. The van der Waals surface area contributed by atoms with Gasteiger partial charge in [-0.3, -0.25) is 9.67 Å². The lowest BCUT2D eigenvalue weighted by Gasteiger charge is -2.27. The minimum Gasteiger partial charge on any atom is -0.324 e. The highest BCUT2D eigenvalue weighted by atomic mass is 35.5. The highest BCUT2D eigenvalue weighted by molar-refractivity contribution is 6.32. The number of hydrogen-bond donors (Lipinski definition) is 3. The molecule has 1 unspecified atom stereocenters. The zero-order valence-corrected chi connectivity index (χ0v) is 22.4. The molecular formula is C28H32ClF2N7. The van der Waals surface area contributed by atoms with Gasteiger partial charge in [0.1, 0.15) is 11.6 Å². The van der Waals surface area contributed by atoms with E-state index in [0.29, 0.717) is 35.8 Å². The molecule has 2 aromatic heterocycles. The topological polar surface area (TPSA) is 98.0 Å². The molecule has 4 rings (SSSR count). The number of aryl methyl sites for hydroxylation is 1. The van der Waals surface area contributed by atoms with Gasteiger partial charge in [0.2, 0.25) is 0 Å². The predicted molar refractivity (Wildman–Crippen MR) is 148 cm³/mol. The van der Waals surface area contributed by atoms with Gasteiger partial charge in [0.25, 0.3) is 0 Å². The first-order valence-electron chi connectivity index (χ1n) is 12.3. The van der Waals surface area contributed by atoms with E-state index in [1.165, 1.54) is 17.1 Å². The average Bonchev–Trinajstić information content (AvgIpc) is 3.36. The third-order valence-corrected chi connectivity index (χ3v) is 6.64. The van der Waals surface area contributed by atoms with Gasteiger partial charge in [-0.25, -0.2) is 14.6 Å². The number of aromatic nitrogens is 3. The van der Waals surface area contributed by atoms with E-state index < -0.39 is 11.6 Å². The van der Waals surface area contributed by atoms with E-state index in [2.05, 4.69) is 10.4 Å². The first-order valence-corrected chi connectivity index (χ1v) is 12.7. The molecule has 38 heavy (non-hydrogen) atoms. The molecule has 0 aliphatic rings.